The van der Waals surface area contributed by atoms with Crippen molar-refractivity contribution in [3.8, 4) is 0 Å². The van der Waals surface area contributed by atoms with Gasteiger partial charge in [0, 0.05) is 12.1 Å². The van der Waals surface area contributed by atoms with E-state index in [0.29, 0.717) is 6.54 Å². The smallest absolute Gasteiger partial charge is 0.251 e. The highest BCUT2D eigenvalue weighted by molar-refractivity contribution is 5.94. The number of nitrogens with one attached hydrogen (secondary N) is 1. The Balaban J connectivity index is 2.33. The van der Waals surface area contributed by atoms with Crippen molar-refractivity contribution in [1.82, 2.24) is 5.32 Å². The molecule has 0 aliphatic carbocycles. The van der Waals surface area contributed by atoms with Crippen molar-refractivity contribution < 1.29 is 13.6 Å². The Morgan fingerprint density at radius 3 is 2.25 bits per heavy atom. The molecule has 112 valence electrons. The van der Waals surface area contributed by atoms with Gasteiger partial charge in [-0.05, 0) is 18.6 Å². The number of unbranched alkanes of at least 4 members (excludes halogenated alkanes) is 5. The van der Waals surface area contributed by atoms with Gasteiger partial charge in [0.2, 0.25) is 0 Å². The molecular weight excluding hydrogens is 262 g/mol. The number of benzene rings is 1. The van der Waals surface area contributed by atoms with Crippen molar-refractivity contribution in [1.29, 1.82) is 0 Å². The first-order chi connectivity index (χ1) is 9.56. The number of carbonyl (C=O) groups is 1. The van der Waals surface area contributed by atoms with Crippen LogP contribution in [-0.2, 0) is 0 Å². The Bertz CT molecular complexity index is 426. The summed E-state index contributed by atoms with van der Waals surface area (Å²) in [7, 11) is 0. The van der Waals surface area contributed by atoms with Gasteiger partial charge in [-0.15, -0.1) is 0 Å². The predicted octanol–water partition coefficient (Wildman–Crippen LogP) is 3.64. The number of anilines is 1. The van der Waals surface area contributed by atoms with E-state index in [2.05, 4.69) is 12.2 Å². The zero-order valence-corrected chi connectivity index (χ0v) is 11.8. The molecule has 3 N–H and O–H groups in total. The lowest BCUT2D eigenvalue weighted by atomic mass is 10.1. The summed E-state index contributed by atoms with van der Waals surface area (Å²) in [6.45, 7) is 2.67. The number of hydrogen-bond acceptors (Lipinski definition) is 2. The van der Waals surface area contributed by atoms with Crippen LogP contribution in [0.15, 0.2) is 12.1 Å². The minimum absolute atomic E-state index is 0.0415. The van der Waals surface area contributed by atoms with E-state index in [1.807, 2.05) is 0 Å². The Morgan fingerprint density at radius 2 is 1.65 bits per heavy atom. The Labute approximate surface area is 118 Å². The lowest BCUT2D eigenvalue weighted by Gasteiger charge is -2.07. The second-order valence-corrected chi connectivity index (χ2v) is 4.88. The molecule has 1 aromatic carbocycles. The SMILES string of the molecule is CCCCCCCCNC(=O)c1cc(F)c(N)c(F)c1. The first-order valence-electron chi connectivity index (χ1n) is 7.09. The maximum absolute atomic E-state index is 13.2. The van der Waals surface area contributed by atoms with Crippen LogP contribution in [0.1, 0.15) is 55.8 Å². The minimum atomic E-state index is -0.908. The summed E-state index contributed by atoms with van der Waals surface area (Å²) < 4.78 is 26.4. The normalized spacial score (nSPS) is 10.6. The number of rotatable bonds is 8. The van der Waals surface area contributed by atoms with Crippen molar-refractivity contribution in [2.45, 2.75) is 45.4 Å². The Hall–Kier alpha value is -1.65. The summed E-state index contributed by atoms with van der Waals surface area (Å²) in [5.41, 5.74) is 4.55. The second kappa shape index (κ2) is 8.51. The molecule has 3 nitrogen and oxygen atoms in total. The third-order valence-corrected chi connectivity index (χ3v) is 3.16. The second-order valence-electron chi connectivity index (χ2n) is 4.88. The monoisotopic (exact) mass is 284 g/mol. The highest BCUT2D eigenvalue weighted by Gasteiger charge is 2.12. The molecule has 0 radical (unpaired) electrons. The van der Waals surface area contributed by atoms with Crippen molar-refractivity contribution in [2.24, 2.45) is 0 Å². The van der Waals surface area contributed by atoms with E-state index < -0.39 is 23.2 Å². The van der Waals surface area contributed by atoms with Crippen LogP contribution >= 0.6 is 0 Å². The fraction of sp³-hybridized carbons (Fsp3) is 0.533. The quantitative estimate of drug-likeness (QED) is 0.565. The van der Waals surface area contributed by atoms with Crippen molar-refractivity contribution >= 4 is 11.6 Å². The first kappa shape index (κ1) is 16.4. The fourth-order valence-electron chi connectivity index (χ4n) is 1.92. The maximum atomic E-state index is 13.2. The van der Waals surface area contributed by atoms with Crippen LogP contribution in [0, 0.1) is 11.6 Å². The summed E-state index contributed by atoms with van der Waals surface area (Å²) >= 11 is 0. The number of nitrogens with two attached hydrogens (primary N) is 1. The molecule has 0 aromatic heterocycles. The lowest BCUT2D eigenvalue weighted by Crippen LogP contribution is -2.24. The standard InChI is InChI=1S/C15H22F2N2O/c1-2-3-4-5-6-7-8-19-15(20)11-9-12(16)14(18)13(17)10-11/h9-10H,2-8,18H2,1H3,(H,19,20). The molecule has 0 bridgehead atoms. The minimum Gasteiger partial charge on any atom is -0.394 e. The summed E-state index contributed by atoms with van der Waals surface area (Å²) in [5, 5.41) is 2.65. The van der Waals surface area contributed by atoms with Gasteiger partial charge in [-0.1, -0.05) is 39.0 Å². The topological polar surface area (TPSA) is 55.1 Å². The van der Waals surface area contributed by atoms with Gasteiger partial charge in [0.15, 0.2) is 0 Å². The van der Waals surface area contributed by atoms with Gasteiger partial charge in [-0.2, -0.15) is 0 Å². The average Bonchev–Trinajstić information content (AvgIpc) is 2.43. The van der Waals surface area contributed by atoms with Gasteiger partial charge in [-0.3, -0.25) is 4.79 Å². The van der Waals surface area contributed by atoms with E-state index in [1.165, 1.54) is 19.3 Å². The lowest BCUT2D eigenvalue weighted by molar-refractivity contribution is 0.0952. The molecule has 0 aliphatic rings. The van der Waals surface area contributed by atoms with E-state index in [0.717, 1.165) is 31.4 Å². The first-order valence-corrected chi connectivity index (χ1v) is 7.09. The highest BCUT2D eigenvalue weighted by atomic mass is 19.1. The van der Waals surface area contributed by atoms with E-state index in [1.54, 1.807) is 0 Å². The van der Waals surface area contributed by atoms with Crippen LogP contribution in [-0.4, -0.2) is 12.5 Å². The van der Waals surface area contributed by atoms with Crippen LogP contribution in [0.25, 0.3) is 0 Å². The van der Waals surface area contributed by atoms with E-state index >= 15 is 0 Å². The molecule has 0 atom stereocenters. The largest absolute Gasteiger partial charge is 0.394 e. The van der Waals surface area contributed by atoms with E-state index in [9.17, 15) is 13.6 Å². The molecule has 5 heteroatoms. The molecule has 1 aromatic rings. The Morgan fingerprint density at radius 1 is 1.10 bits per heavy atom. The summed E-state index contributed by atoms with van der Waals surface area (Å²) in [6.07, 6.45) is 6.70. The van der Waals surface area contributed by atoms with Crippen LogP contribution < -0.4 is 11.1 Å². The number of carbonyl (C=O) groups excluding carboxylic acids is 1. The van der Waals surface area contributed by atoms with Crippen LogP contribution in [0.5, 0.6) is 0 Å². The van der Waals surface area contributed by atoms with Gasteiger partial charge in [-0.25, -0.2) is 8.78 Å². The zero-order valence-electron chi connectivity index (χ0n) is 11.8. The van der Waals surface area contributed by atoms with Gasteiger partial charge >= 0.3 is 0 Å². The fourth-order valence-corrected chi connectivity index (χ4v) is 1.92. The third-order valence-electron chi connectivity index (χ3n) is 3.16. The van der Waals surface area contributed by atoms with Gasteiger partial charge in [0.25, 0.3) is 5.91 Å². The molecule has 1 rings (SSSR count). The number of nitrogen functional groups attached to an aromatic ring is 1. The van der Waals surface area contributed by atoms with Crippen molar-refractivity contribution in [3.05, 3.63) is 29.3 Å². The molecule has 0 saturated carbocycles. The molecule has 1 amide bonds. The number of amides is 1. The van der Waals surface area contributed by atoms with Gasteiger partial charge in [0.05, 0.1) is 0 Å². The molecule has 20 heavy (non-hydrogen) atoms. The average molecular weight is 284 g/mol. The summed E-state index contributed by atoms with van der Waals surface area (Å²) in [6, 6.07) is 1.91. The molecule has 0 saturated heterocycles. The molecule has 0 unspecified atom stereocenters. The third kappa shape index (κ3) is 5.15. The summed E-state index contributed by atoms with van der Waals surface area (Å²) in [4.78, 5) is 11.7. The van der Waals surface area contributed by atoms with Crippen LogP contribution in [0.3, 0.4) is 0 Å². The molecule has 0 aliphatic heterocycles. The van der Waals surface area contributed by atoms with Gasteiger partial charge in [0.1, 0.15) is 17.3 Å². The molecule has 0 heterocycles. The molecular formula is C15H22F2N2O. The van der Waals surface area contributed by atoms with Gasteiger partial charge < -0.3 is 11.1 Å². The van der Waals surface area contributed by atoms with E-state index in [-0.39, 0.29) is 5.56 Å². The van der Waals surface area contributed by atoms with Crippen LogP contribution in [0.2, 0.25) is 0 Å². The van der Waals surface area contributed by atoms with Crippen molar-refractivity contribution in [2.75, 3.05) is 12.3 Å². The molecule has 0 spiro atoms. The van der Waals surface area contributed by atoms with Crippen LogP contribution in [0.4, 0.5) is 14.5 Å². The zero-order chi connectivity index (χ0) is 15.0. The molecule has 0 fully saturated rings. The maximum Gasteiger partial charge on any atom is 0.251 e. The number of hydrogen-bond donors (Lipinski definition) is 2. The van der Waals surface area contributed by atoms with Crippen molar-refractivity contribution in [3.63, 3.8) is 0 Å². The summed E-state index contributed by atoms with van der Waals surface area (Å²) in [5.74, 6) is -2.29. The highest BCUT2D eigenvalue weighted by Crippen LogP contribution is 2.17. The predicted molar refractivity (Wildman–Crippen MR) is 76.5 cm³/mol. The Kier molecular flexibility index (Phi) is 6.98. The van der Waals surface area contributed by atoms with E-state index in [4.69, 9.17) is 5.73 Å². The number of halogens is 2.